The summed E-state index contributed by atoms with van der Waals surface area (Å²) < 4.78 is 0. The fraction of sp³-hybridized carbons (Fsp3) is 1.00. The van der Waals surface area contributed by atoms with Gasteiger partial charge >= 0.3 is 0 Å². The van der Waals surface area contributed by atoms with Gasteiger partial charge in [-0.2, -0.15) is 0 Å². The quantitative estimate of drug-likeness (QED) is 0.672. The average Bonchev–Trinajstić information content (AvgIpc) is 2.29. The molecule has 1 fully saturated rings. The molecule has 2 heteroatoms. The summed E-state index contributed by atoms with van der Waals surface area (Å²) in [5.74, 6) is 0.901. The van der Waals surface area contributed by atoms with E-state index in [0.717, 1.165) is 12.0 Å². The van der Waals surface area contributed by atoms with E-state index in [4.69, 9.17) is 0 Å². The van der Waals surface area contributed by atoms with Crippen LogP contribution in [0.2, 0.25) is 0 Å². The van der Waals surface area contributed by atoms with Gasteiger partial charge in [-0.3, -0.25) is 0 Å². The zero-order valence-corrected chi connectivity index (χ0v) is 11.5. The fourth-order valence-electron chi connectivity index (χ4n) is 2.71. The van der Waals surface area contributed by atoms with Gasteiger partial charge in [-0.05, 0) is 65.2 Å². The molecule has 1 saturated heterocycles. The number of hydrogen-bond donors (Lipinski definition) is 1. The van der Waals surface area contributed by atoms with Gasteiger partial charge in [-0.15, -0.1) is 0 Å². The predicted octanol–water partition coefficient (Wildman–Crippen LogP) is 2.89. The van der Waals surface area contributed by atoms with Crippen molar-refractivity contribution in [3.05, 3.63) is 0 Å². The lowest BCUT2D eigenvalue weighted by atomic mass is 9.92. The first-order valence-electron chi connectivity index (χ1n) is 7.14. The minimum atomic E-state index is 0.811. The van der Waals surface area contributed by atoms with Crippen LogP contribution in [0.15, 0.2) is 0 Å². The molecule has 0 aromatic carbocycles. The van der Waals surface area contributed by atoms with Gasteiger partial charge in [0.2, 0.25) is 0 Å². The van der Waals surface area contributed by atoms with E-state index in [1.54, 1.807) is 0 Å². The summed E-state index contributed by atoms with van der Waals surface area (Å²) in [5.41, 5.74) is 0. The van der Waals surface area contributed by atoms with Gasteiger partial charge in [0.25, 0.3) is 0 Å². The highest BCUT2D eigenvalue weighted by Crippen LogP contribution is 2.23. The van der Waals surface area contributed by atoms with Crippen LogP contribution in [-0.4, -0.2) is 37.6 Å². The average molecular weight is 226 g/mol. The van der Waals surface area contributed by atoms with Gasteiger partial charge in [0.1, 0.15) is 0 Å². The third-order valence-corrected chi connectivity index (χ3v) is 4.13. The largest absolute Gasteiger partial charge is 0.320 e. The number of likely N-dealkylation sites (tertiary alicyclic amines) is 1. The molecule has 0 amide bonds. The second-order valence-electron chi connectivity index (χ2n) is 5.41. The molecule has 0 aromatic heterocycles. The van der Waals surface area contributed by atoms with Crippen LogP contribution in [0.1, 0.15) is 52.4 Å². The smallest absolute Gasteiger partial charge is 0.00925 e. The molecule has 2 atom stereocenters. The highest BCUT2D eigenvalue weighted by Gasteiger charge is 2.23. The molecular weight excluding hydrogens is 196 g/mol. The molecule has 1 rings (SSSR count). The fourth-order valence-corrected chi connectivity index (χ4v) is 2.71. The van der Waals surface area contributed by atoms with Crippen molar-refractivity contribution in [3.63, 3.8) is 0 Å². The molecule has 1 aliphatic heterocycles. The van der Waals surface area contributed by atoms with Crippen molar-refractivity contribution in [1.82, 2.24) is 10.2 Å². The van der Waals surface area contributed by atoms with E-state index < -0.39 is 0 Å². The molecular formula is C14H30N2. The zero-order chi connectivity index (χ0) is 11.8. The van der Waals surface area contributed by atoms with E-state index in [1.165, 1.54) is 58.2 Å². The van der Waals surface area contributed by atoms with Crippen LogP contribution in [0.25, 0.3) is 0 Å². The van der Waals surface area contributed by atoms with Crippen LogP contribution < -0.4 is 5.32 Å². The topological polar surface area (TPSA) is 15.3 Å². The lowest BCUT2D eigenvalue weighted by molar-refractivity contribution is 0.112. The van der Waals surface area contributed by atoms with E-state index in [9.17, 15) is 0 Å². The highest BCUT2D eigenvalue weighted by atomic mass is 15.2. The molecule has 1 aliphatic rings. The summed E-state index contributed by atoms with van der Waals surface area (Å²) >= 11 is 0. The normalized spacial score (nSPS) is 27.2. The highest BCUT2D eigenvalue weighted by molar-refractivity contribution is 4.78. The van der Waals surface area contributed by atoms with E-state index in [0.29, 0.717) is 0 Å². The minimum Gasteiger partial charge on any atom is -0.320 e. The molecule has 0 saturated carbocycles. The molecule has 16 heavy (non-hydrogen) atoms. The van der Waals surface area contributed by atoms with Crippen molar-refractivity contribution in [2.24, 2.45) is 5.92 Å². The van der Waals surface area contributed by atoms with Crippen LogP contribution in [0.3, 0.4) is 0 Å². The van der Waals surface area contributed by atoms with Gasteiger partial charge < -0.3 is 10.2 Å². The van der Waals surface area contributed by atoms with E-state index in [-0.39, 0.29) is 0 Å². The molecule has 0 aromatic rings. The van der Waals surface area contributed by atoms with Crippen LogP contribution in [-0.2, 0) is 0 Å². The lowest BCUT2D eigenvalue weighted by Gasteiger charge is -2.37. The van der Waals surface area contributed by atoms with Crippen molar-refractivity contribution >= 4 is 0 Å². The number of nitrogens with one attached hydrogen (secondary N) is 1. The molecule has 1 heterocycles. The monoisotopic (exact) mass is 226 g/mol. The maximum atomic E-state index is 3.21. The SMILES string of the molecule is CNCCCCCCN1CCCC(C)C1C. The number of rotatable bonds is 7. The zero-order valence-electron chi connectivity index (χ0n) is 11.5. The summed E-state index contributed by atoms with van der Waals surface area (Å²) in [6, 6.07) is 0.811. The Bertz CT molecular complexity index is 170. The molecule has 0 aliphatic carbocycles. The Labute approximate surface area is 102 Å². The maximum absolute atomic E-state index is 3.21. The maximum Gasteiger partial charge on any atom is 0.00925 e. The number of nitrogens with zero attached hydrogens (tertiary/aromatic N) is 1. The second-order valence-corrected chi connectivity index (χ2v) is 5.41. The minimum absolute atomic E-state index is 0.811. The van der Waals surface area contributed by atoms with Crippen LogP contribution in [0, 0.1) is 5.92 Å². The summed E-state index contributed by atoms with van der Waals surface area (Å²) in [7, 11) is 2.04. The molecule has 2 nitrogen and oxygen atoms in total. The van der Waals surface area contributed by atoms with E-state index in [1.807, 2.05) is 7.05 Å². The Morgan fingerprint density at radius 3 is 2.62 bits per heavy atom. The van der Waals surface area contributed by atoms with Crippen molar-refractivity contribution in [2.45, 2.75) is 58.4 Å². The van der Waals surface area contributed by atoms with E-state index >= 15 is 0 Å². The Balaban J connectivity index is 2.03. The molecule has 96 valence electrons. The van der Waals surface area contributed by atoms with E-state index in [2.05, 4.69) is 24.1 Å². The Kier molecular flexibility index (Phi) is 7.06. The lowest BCUT2D eigenvalue weighted by Crippen LogP contribution is -2.42. The van der Waals surface area contributed by atoms with Crippen LogP contribution in [0.4, 0.5) is 0 Å². The first kappa shape index (κ1) is 14.0. The number of unbranched alkanes of at least 4 members (excludes halogenated alkanes) is 3. The molecule has 0 spiro atoms. The van der Waals surface area contributed by atoms with Gasteiger partial charge in [0.05, 0.1) is 0 Å². The second kappa shape index (κ2) is 8.08. The van der Waals surface area contributed by atoms with Crippen molar-refractivity contribution in [2.75, 3.05) is 26.7 Å². The summed E-state index contributed by atoms with van der Waals surface area (Å²) in [5, 5.41) is 3.21. The Morgan fingerprint density at radius 1 is 1.12 bits per heavy atom. The van der Waals surface area contributed by atoms with Crippen LogP contribution >= 0.6 is 0 Å². The first-order valence-corrected chi connectivity index (χ1v) is 7.14. The van der Waals surface area contributed by atoms with Crippen molar-refractivity contribution in [3.8, 4) is 0 Å². The first-order chi connectivity index (χ1) is 7.75. The van der Waals surface area contributed by atoms with Gasteiger partial charge in [0.15, 0.2) is 0 Å². The van der Waals surface area contributed by atoms with Gasteiger partial charge in [0, 0.05) is 6.04 Å². The van der Waals surface area contributed by atoms with Crippen molar-refractivity contribution < 1.29 is 0 Å². The summed E-state index contributed by atoms with van der Waals surface area (Å²) in [6.07, 6.45) is 8.35. The Morgan fingerprint density at radius 2 is 1.88 bits per heavy atom. The van der Waals surface area contributed by atoms with Crippen LogP contribution in [0.5, 0.6) is 0 Å². The van der Waals surface area contributed by atoms with Gasteiger partial charge in [-0.1, -0.05) is 19.8 Å². The molecule has 0 bridgehead atoms. The predicted molar refractivity (Wildman–Crippen MR) is 71.8 cm³/mol. The molecule has 1 N–H and O–H groups in total. The number of hydrogen-bond acceptors (Lipinski definition) is 2. The summed E-state index contributed by atoms with van der Waals surface area (Å²) in [6.45, 7) is 8.65. The Hall–Kier alpha value is -0.0800. The van der Waals surface area contributed by atoms with Gasteiger partial charge in [-0.25, -0.2) is 0 Å². The third kappa shape index (κ3) is 4.84. The number of piperidine rings is 1. The standard InChI is InChI=1S/C14H30N2/c1-13-9-8-12-16(14(13)2)11-7-5-4-6-10-15-3/h13-15H,4-12H2,1-3H3. The third-order valence-electron chi connectivity index (χ3n) is 4.13. The molecule has 0 radical (unpaired) electrons. The van der Waals surface area contributed by atoms with Crippen molar-refractivity contribution in [1.29, 1.82) is 0 Å². The summed E-state index contributed by atoms with van der Waals surface area (Å²) in [4.78, 5) is 2.70. The molecule has 2 unspecified atom stereocenters.